The van der Waals surface area contributed by atoms with Gasteiger partial charge in [-0.3, -0.25) is 4.79 Å². The second-order valence-electron chi connectivity index (χ2n) is 6.76. The predicted octanol–water partition coefficient (Wildman–Crippen LogP) is 5.68. The normalized spacial score (nSPS) is 10.4. The standard InChI is InChI=1S/C24H25ClN2O3/c1-3-29-22-14-18(15-26-19-9-5-4-6-10-19)13-21(25)24(22)30-16-23(28)27-20-11-7-8-17(2)12-20/h4-14,26H,3,15-16H2,1-2H3,(H,27,28). The summed E-state index contributed by atoms with van der Waals surface area (Å²) in [7, 11) is 0. The number of benzene rings is 3. The molecule has 156 valence electrons. The summed E-state index contributed by atoms with van der Waals surface area (Å²) in [6, 6.07) is 21.2. The first-order valence-corrected chi connectivity index (χ1v) is 10.2. The first-order valence-electron chi connectivity index (χ1n) is 9.78. The zero-order valence-corrected chi connectivity index (χ0v) is 17.8. The zero-order valence-electron chi connectivity index (χ0n) is 17.1. The van der Waals surface area contributed by atoms with Crippen LogP contribution in [0.5, 0.6) is 11.5 Å². The van der Waals surface area contributed by atoms with Crippen LogP contribution in [0.4, 0.5) is 11.4 Å². The van der Waals surface area contributed by atoms with E-state index in [-0.39, 0.29) is 12.5 Å². The first kappa shape index (κ1) is 21.5. The molecule has 30 heavy (non-hydrogen) atoms. The van der Waals surface area contributed by atoms with Gasteiger partial charge in [-0.15, -0.1) is 0 Å². The van der Waals surface area contributed by atoms with Crippen molar-refractivity contribution in [3.05, 3.63) is 82.9 Å². The van der Waals surface area contributed by atoms with Gasteiger partial charge in [-0.1, -0.05) is 41.9 Å². The van der Waals surface area contributed by atoms with E-state index in [4.69, 9.17) is 21.1 Å². The fourth-order valence-electron chi connectivity index (χ4n) is 2.94. The molecule has 0 bridgehead atoms. The number of nitrogens with one attached hydrogen (secondary N) is 2. The van der Waals surface area contributed by atoms with E-state index in [2.05, 4.69) is 10.6 Å². The van der Waals surface area contributed by atoms with Gasteiger partial charge in [0.15, 0.2) is 18.1 Å². The van der Waals surface area contributed by atoms with E-state index in [9.17, 15) is 4.79 Å². The molecule has 0 saturated carbocycles. The monoisotopic (exact) mass is 424 g/mol. The van der Waals surface area contributed by atoms with Crippen LogP contribution >= 0.6 is 11.6 Å². The van der Waals surface area contributed by atoms with Crippen LogP contribution < -0.4 is 20.1 Å². The van der Waals surface area contributed by atoms with E-state index in [0.717, 1.165) is 22.5 Å². The van der Waals surface area contributed by atoms with Gasteiger partial charge in [0.1, 0.15) is 0 Å². The third kappa shape index (κ3) is 6.16. The average Bonchev–Trinajstić information content (AvgIpc) is 2.72. The highest BCUT2D eigenvalue weighted by Crippen LogP contribution is 2.37. The van der Waals surface area contributed by atoms with Crippen LogP contribution in [0.25, 0.3) is 0 Å². The van der Waals surface area contributed by atoms with Crippen LogP contribution in [0.15, 0.2) is 66.7 Å². The average molecular weight is 425 g/mol. The predicted molar refractivity (Wildman–Crippen MR) is 122 cm³/mol. The van der Waals surface area contributed by atoms with Crippen molar-refractivity contribution in [3.8, 4) is 11.5 Å². The van der Waals surface area contributed by atoms with Gasteiger partial charge in [-0.25, -0.2) is 0 Å². The van der Waals surface area contributed by atoms with Gasteiger partial charge in [-0.2, -0.15) is 0 Å². The quantitative estimate of drug-likeness (QED) is 0.464. The molecule has 3 aromatic rings. The third-order valence-corrected chi connectivity index (χ3v) is 4.57. The van der Waals surface area contributed by atoms with Crippen molar-refractivity contribution in [3.63, 3.8) is 0 Å². The maximum Gasteiger partial charge on any atom is 0.262 e. The number of aryl methyl sites for hydroxylation is 1. The number of halogens is 1. The number of carbonyl (C=O) groups excluding carboxylic acids is 1. The van der Waals surface area contributed by atoms with Gasteiger partial charge in [0.05, 0.1) is 11.6 Å². The lowest BCUT2D eigenvalue weighted by molar-refractivity contribution is -0.118. The number of ether oxygens (including phenoxy) is 2. The van der Waals surface area contributed by atoms with Crippen molar-refractivity contribution < 1.29 is 14.3 Å². The number of anilines is 2. The van der Waals surface area contributed by atoms with Crippen molar-refractivity contribution in [2.24, 2.45) is 0 Å². The molecule has 0 atom stereocenters. The number of rotatable bonds is 9. The van der Waals surface area contributed by atoms with Gasteiger partial charge in [-0.05, 0) is 61.4 Å². The molecule has 1 amide bonds. The Morgan fingerprint density at radius 3 is 2.47 bits per heavy atom. The minimum absolute atomic E-state index is 0.171. The molecular weight excluding hydrogens is 400 g/mol. The summed E-state index contributed by atoms with van der Waals surface area (Å²) in [5, 5.41) is 6.55. The summed E-state index contributed by atoms with van der Waals surface area (Å²) in [4.78, 5) is 12.3. The summed E-state index contributed by atoms with van der Waals surface area (Å²) in [6.45, 7) is 4.72. The van der Waals surface area contributed by atoms with Crippen molar-refractivity contribution in [1.82, 2.24) is 0 Å². The van der Waals surface area contributed by atoms with E-state index < -0.39 is 0 Å². The minimum atomic E-state index is -0.270. The number of hydrogen-bond donors (Lipinski definition) is 2. The summed E-state index contributed by atoms with van der Waals surface area (Å²) >= 11 is 6.45. The van der Waals surface area contributed by atoms with E-state index in [1.165, 1.54) is 0 Å². The van der Waals surface area contributed by atoms with E-state index in [1.54, 1.807) is 0 Å². The van der Waals surface area contributed by atoms with Crippen LogP contribution in [0, 0.1) is 6.92 Å². The van der Waals surface area contributed by atoms with Crippen LogP contribution in [0.2, 0.25) is 5.02 Å². The molecule has 0 aliphatic carbocycles. The maximum absolute atomic E-state index is 12.3. The summed E-state index contributed by atoms with van der Waals surface area (Å²) in [5.41, 5.74) is 3.75. The highest BCUT2D eigenvalue weighted by Gasteiger charge is 2.15. The van der Waals surface area contributed by atoms with Crippen LogP contribution in [-0.2, 0) is 11.3 Å². The molecule has 0 spiro atoms. The Morgan fingerprint density at radius 2 is 1.73 bits per heavy atom. The third-order valence-electron chi connectivity index (χ3n) is 4.29. The molecular formula is C24H25ClN2O3. The summed E-state index contributed by atoms with van der Waals surface area (Å²) < 4.78 is 11.4. The van der Waals surface area contributed by atoms with Gasteiger partial charge >= 0.3 is 0 Å². The van der Waals surface area contributed by atoms with E-state index >= 15 is 0 Å². The Hall–Kier alpha value is -3.18. The smallest absolute Gasteiger partial charge is 0.262 e. The molecule has 2 N–H and O–H groups in total. The Balaban J connectivity index is 1.66. The Labute approximate surface area is 182 Å². The van der Waals surface area contributed by atoms with Crippen molar-refractivity contribution in [1.29, 1.82) is 0 Å². The van der Waals surface area contributed by atoms with Crippen molar-refractivity contribution in [2.75, 3.05) is 23.8 Å². The maximum atomic E-state index is 12.3. The largest absolute Gasteiger partial charge is 0.490 e. The van der Waals surface area contributed by atoms with E-state index in [0.29, 0.717) is 29.7 Å². The van der Waals surface area contributed by atoms with Crippen LogP contribution in [0.1, 0.15) is 18.1 Å². The van der Waals surface area contributed by atoms with Crippen molar-refractivity contribution in [2.45, 2.75) is 20.4 Å². The number of amides is 1. The fourth-order valence-corrected chi connectivity index (χ4v) is 3.23. The Kier molecular flexibility index (Phi) is 7.57. The number of para-hydroxylation sites is 1. The molecule has 0 aromatic heterocycles. The molecule has 0 aliphatic rings. The molecule has 5 nitrogen and oxygen atoms in total. The zero-order chi connectivity index (χ0) is 21.3. The van der Waals surface area contributed by atoms with Gasteiger partial charge < -0.3 is 20.1 Å². The SMILES string of the molecule is CCOc1cc(CNc2ccccc2)cc(Cl)c1OCC(=O)Nc1cccc(C)c1. The summed E-state index contributed by atoms with van der Waals surface area (Å²) in [5.74, 6) is 0.605. The molecule has 0 fully saturated rings. The fraction of sp³-hybridized carbons (Fsp3) is 0.208. The van der Waals surface area contributed by atoms with Gasteiger partial charge in [0.2, 0.25) is 0 Å². The first-order chi connectivity index (χ1) is 14.5. The number of hydrogen-bond acceptors (Lipinski definition) is 4. The van der Waals surface area contributed by atoms with Crippen LogP contribution in [0.3, 0.4) is 0 Å². The minimum Gasteiger partial charge on any atom is -0.490 e. The summed E-state index contributed by atoms with van der Waals surface area (Å²) in [6.07, 6.45) is 0. The highest BCUT2D eigenvalue weighted by molar-refractivity contribution is 6.32. The topological polar surface area (TPSA) is 59.6 Å². The molecule has 0 aliphatic heterocycles. The molecule has 3 aromatic carbocycles. The molecule has 3 rings (SSSR count). The second kappa shape index (κ2) is 10.6. The Morgan fingerprint density at radius 1 is 0.967 bits per heavy atom. The Bertz CT molecular complexity index is 993. The molecule has 0 unspecified atom stereocenters. The highest BCUT2D eigenvalue weighted by atomic mass is 35.5. The lowest BCUT2D eigenvalue weighted by Crippen LogP contribution is -2.20. The van der Waals surface area contributed by atoms with Gasteiger partial charge in [0.25, 0.3) is 5.91 Å². The lowest BCUT2D eigenvalue weighted by Gasteiger charge is -2.16. The second-order valence-corrected chi connectivity index (χ2v) is 7.17. The van der Waals surface area contributed by atoms with E-state index in [1.807, 2.05) is 80.6 Å². The molecule has 6 heteroatoms. The van der Waals surface area contributed by atoms with Gasteiger partial charge in [0, 0.05) is 17.9 Å². The molecule has 0 heterocycles. The molecule has 0 radical (unpaired) electrons. The lowest BCUT2D eigenvalue weighted by atomic mass is 10.2. The number of carbonyl (C=O) groups is 1. The van der Waals surface area contributed by atoms with Crippen molar-refractivity contribution >= 4 is 28.9 Å². The molecule has 0 saturated heterocycles. The van der Waals surface area contributed by atoms with Crippen LogP contribution in [-0.4, -0.2) is 19.1 Å².